The Morgan fingerprint density at radius 2 is 1.75 bits per heavy atom. The molecule has 3 heteroatoms. The van der Waals surface area contributed by atoms with Crippen LogP contribution in [-0.4, -0.2) is 7.85 Å². The molecule has 2 rings (SSSR count). The number of ether oxygens (including phenoxy) is 1. The highest BCUT2D eigenvalue weighted by Gasteiger charge is 2.03. The van der Waals surface area contributed by atoms with Crippen molar-refractivity contribution in [1.29, 1.82) is 0 Å². The zero-order valence-electron chi connectivity index (χ0n) is 8.69. The van der Waals surface area contributed by atoms with Gasteiger partial charge in [-0.05, 0) is 27.6 Å². The Bertz CT molecular complexity index is 450. The molecule has 0 aliphatic carbocycles. The Kier molecular flexibility index (Phi) is 3.68. The summed E-state index contributed by atoms with van der Waals surface area (Å²) < 4.78 is 6.56. The van der Waals surface area contributed by atoms with Gasteiger partial charge in [0.1, 0.15) is 20.2 Å². The monoisotopic (exact) mass is 272 g/mol. The van der Waals surface area contributed by atoms with E-state index in [9.17, 15) is 0 Å². The standard InChI is InChI=1S/C13H10BBrO/c14-11-7-4-8-12(15)13(11)16-9-10-5-2-1-3-6-10/h1-8H,9H2. The summed E-state index contributed by atoms with van der Waals surface area (Å²) in [6.07, 6.45) is 0. The number of halogens is 1. The lowest BCUT2D eigenvalue weighted by atomic mass is 9.95. The van der Waals surface area contributed by atoms with Crippen molar-refractivity contribution in [3.63, 3.8) is 0 Å². The van der Waals surface area contributed by atoms with Gasteiger partial charge in [0, 0.05) is 0 Å². The molecule has 0 N–H and O–H groups in total. The van der Waals surface area contributed by atoms with Crippen molar-refractivity contribution in [2.75, 3.05) is 0 Å². The van der Waals surface area contributed by atoms with Crippen LogP contribution in [0.1, 0.15) is 5.56 Å². The fraction of sp³-hybridized carbons (Fsp3) is 0.0769. The van der Waals surface area contributed by atoms with E-state index >= 15 is 0 Å². The van der Waals surface area contributed by atoms with Crippen molar-refractivity contribution >= 4 is 29.2 Å². The molecule has 2 aromatic carbocycles. The molecule has 0 amide bonds. The predicted octanol–water partition coefficient (Wildman–Crippen LogP) is 2.82. The smallest absolute Gasteiger partial charge is 0.126 e. The van der Waals surface area contributed by atoms with Crippen LogP contribution in [0.15, 0.2) is 53.0 Å². The molecule has 78 valence electrons. The normalized spacial score (nSPS) is 10.1. The molecule has 16 heavy (non-hydrogen) atoms. The van der Waals surface area contributed by atoms with E-state index < -0.39 is 0 Å². The van der Waals surface area contributed by atoms with Crippen LogP contribution in [-0.2, 0) is 6.61 Å². The first-order valence-corrected chi connectivity index (χ1v) is 5.77. The summed E-state index contributed by atoms with van der Waals surface area (Å²) in [5.74, 6) is 0.700. The quantitative estimate of drug-likeness (QED) is 0.781. The summed E-state index contributed by atoms with van der Waals surface area (Å²) in [6.45, 7) is 0.521. The average Bonchev–Trinajstić information content (AvgIpc) is 2.30. The Morgan fingerprint density at radius 3 is 2.44 bits per heavy atom. The lowest BCUT2D eigenvalue weighted by Gasteiger charge is -2.11. The van der Waals surface area contributed by atoms with Crippen LogP contribution in [0.2, 0.25) is 0 Å². The molecule has 2 aromatic rings. The van der Waals surface area contributed by atoms with E-state index in [0.29, 0.717) is 17.8 Å². The Hall–Kier alpha value is -1.22. The van der Waals surface area contributed by atoms with Gasteiger partial charge in [-0.25, -0.2) is 0 Å². The van der Waals surface area contributed by atoms with Gasteiger partial charge in [0.15, 0.2) is 0 Å². The summed E-state index contributed by atoms with van der Waals surface area (Å²) in [4.78, 5) is 0. The van der Waals surface area contributed by atoms with Crippen molar-refractivity contribution < 1.29 is 4.74 Å². The number of rotatable bonds is 3. The highest BCUT2D eigenvalue weighted by Crippen LogP contribution is 2.22. The largest absolute Gasteiger partial charge is 0.488 e. The molecule has 0 aromatic heterocycles. The first kappa shape index (κ1) is 11.3. The summed E-state index contributed by atoms with van der Waals surface area (Å²) in [5, 5.41) is 0. The summed E-state index contributed by atoms with van der Waals surface area (Å²) >= 11 is 3.42. The van der Waals surface area contributed by atoms with E-state index in [0.717, 1.165) is 10.0 Å². The molecule has 2 radical (unpaired) electrons. The van der Waals surface area contributed by atoms with Crippen LogP contribution in [0.5, 0.6) is 5.75 Å². The Balaban J connectivity index is 2.11. The molecular weight excluding hydrogens is 263 g/mol. The van der Waals surface area contributed by atoms with Gasteiger partial charge in [-0.2, -0.15) is 0 Å². The Labute approximate surface area is 105 Å². The van der Waals surface area contributed by atoms with Gasteiger partial charge in [-0.3, -0.25) is 0 Å². The molecule has 0 saturated heterocycles. The summed E-state index contributed by atoms with van der Waals surface area (Å²) in [6, 6.07) is 15.6. The highest BCUT2D eigenvalue weighted by atomic mass is 79.9. The zero-order valence-corrected chi connectivity index (χ0v) is 10.3. The molecule has 0 heterocycles. The van der Waals surface area contributed by atoms with Gasteiger partial charge in [-0.15, -0.1) is 0 Å². The van der Waals surface area contributed by atoms with Crippen LogP contribution in [0.3, 0.4) is 0 Å². The molecular formula is C13H10BBrO. The van der Waals surface area contributed by atoms with E-state index in [4.69, 9.17) is 12.6 Å². The Morgan fingerprint density at radius 1 is 1.00 bits per heavy atom. The zero-order chi connectivity index (χ0) is 11.4. The van der Waals surface area contributed by atoms with Gasteiger partial charge < -0.3 is 4.74 Å². The van der Waals surface area contributed by atoms with Crippen LogP contribution < -0.4 is 10.2 Å². The molecule has 0 aliphatic heterocycles. The van der Waals surface area contributed by atoms with Crippen LogP contribution >= 0.6 is 15.9 Å². The maximum absolute atomic E-state index is 5.83. The topological polar surface area (TPSA) is 9.23 Å². The molecule has 0 fully saturated rings. The van der Waals surface area contributed by atoms with E-state index in [1.165, 1.54) is 0 Å². The number of hydrogen-bond acceptors (Lipinski definition) is 1. The van der Waals surface area contributed by atoms with E-state index in [1.54, 1.807) is 0 Å². The number of benzene rings is 2. The predicted molar refractivity (Wildman–Crippen MR) is 70.3 cm³/mol. The fourth-order valence-corrected chi connectivity index (χ4v) is 1.90. The first-order valence-electron chi connectivity index (χ1n) is 4.98. The molecule has 1 nitrogen and oxygen atoms in total. The summed E-state index contributed by atoms with van der Waals surface area (Å²) in [5.41, 5.74) is 1.77. The van der Waals surface area contributed by atoms with Gasteiger partial charge in [0.2, 0.25) is 0 Å². The van der Waals surface area contributed by atoms with Crippen molar-refractivity contribution in [1.82, 2.24) is 0 Å². The maximum atomic E-state index is 5.83. The van der Waals surface area contributed by atoms with E-state index in [1.807, 2.05) is 48.5 Å². The molecule has 0 atom stereocenters. The highest BCUT2D eigenvalue weighted by molar-refractivity contribution is 9.10. The van der Waals surface area contributed by atoms with Crippen LogP contribution in [0, 0.1) is 0 Å². The molecule has 0 saturated carbocycles. The van der Waals surface area contributed by atoms with E-state index in [-0.39, 0.29) is 0 Å². The number of para-hydroxylation sites is 1. The third-order valence-corrected chi connectivity index (χ3v) is 2.85. The minimum absolute atomic E-state index is 0.521. The first-order chi connectivity index (χ1) is 7.77. The van der Waals surface area contributed by atoms with Crippen molar-refractivity contribution in [2.45, 2.75) is 6.61 Å². The second-order valence-electron chi connectivity index (χ2n) is 3.43. The van der Waals surface area contributed by atoms with Gasteiger partial charge in [-0.1, -0.05) is 47.9 Å². The lowest BCUT2D eigenvalue weighted by molar-refractivity contribution is 0.307. The van der Waals surface area contributed by atoms with Crippen molar-refractivity contribution in [2.24, 2.45) is 0 Å². The average molecular weight is 273 g/mol. The minimum atomic E-state index is 0.521. The summed E-state index contributed by atoms with van der Waals surface area (Å²) in [7, 11) is 5.83. The van der Waals surface area contributed by atoms with E-state index in [2.05, 4.69) is 15.9 Å². The fourth-order valence-electron chi connectivity index (χ4n) is 1.41. The molecule has 0 spiro atoms. The third-order valence-electron chi connectivity index (χ3n) is 2.22. The van der Waals surface area contributed by atoms with Gasteiger partial charge >= 0.3 is 0 Å². The minimum Gasteiger partial charge on any atom is -0.488 e. The molecule has 0 unspecified atom stereocenters. The van der Waals surface area contributed by atoms with Crippen molar-refractivity contribution in [3.8, 4) is 5.75 Å². The lowest BCUT2D eigenvalue weighted by Crippen LogP contribution is -2.09. The molecule has 0 bridgehead atoms. The molecule has 0 aliphatic rings. The van der Waals surface area contributed by atoms with Crippen LogP contribution in [0.4, 0.5) is 0 Å². The van der Waals surface area contributed by atoms with Gasteiger partial charge in [0.25, 0.3) is 0 Å². The number of hydrogen-bond donors (Lipinski definition) is 0. The third kappa shape index (κ3) is 2.67. The second-order valence-corrected chi connectivity index (χ2v) is 4.29. The van der Waals surface area contributed by atoms with Gasteiger partial charge in [0.05, 0.1) is 4.47 Å². The maximum Gasteiger partial charge on any atom is 0.126 e. The van der Waals surface area contributed by atoms with Crippen LogP contribution in [0.25, 0.3) is 0 Å². The second kappa shape index (κ2) is 5.22. The van der Waals surface area contributed by atoms with Crippen molar-refractivity contribution in [3.05, 3.63) is 58.6 Å². The SMILES string of the molecule is [B]c1cccc(Br)c1OCc1ccccc1.